The van der Waals surface area contributed by atoms with E-state index in [1.807, 2.05) is 4.90 Å². The standard InChI is InChI=1S/C20H21BrF2N2O/c21-16-4-2-15(19(23)14-16)3-9-20(26)25-11-1-10-24(12-13-25)18-7-5-17(22)6-8-18/h2,4-8,14H,1,3,9-13H2. The summed E-state index contributed by atoms with van der Waals surface area (Å²) in [5.41, 5.74) is 1.53. The van der Waals surface area contributed by atoms with E-state index in [2.05, 4.69) is 20.8 Å². The summed E-state index contributed by atoms with van der Waals surface area (Å²) >= 11 is 3.24. The smallest absolute Gasteiger partial charge is 0.222 e. The molecule has 1 aliphatic heterocycles. The molecule has 0 atom stereocenters. The Bertz CT molecular complexity index is 767. The van der Waals surface area contributed by atoms with Crippen LogP contribution in [0.15, 0.2) is 46.9 Å². The van der Waals surface area contributed by atoms with Crippen molar-refractivity contribution in [2.45, 2.75) is 19.3 Å². The molecule has 1 saturated heterocycles. The number of hydrogen-bond donors (Lipinski definition) is 0. The lowest BCUT2D eigenvalue weighted by atomic mass is 10.1. The molecule has 1 fully saturated rings. The second-order valence-corrected chi connectivity index (χ2v) is 7.35. The highest BCUT2D eigenvalue weighted by Crippen LogP contribution is 2.19. The molecule has 0 unspecified atom stereocenters. The molecule has 0 spiro atoms. The Balaban J connectivity index is 1.54. The predicted molar refractivity (Wildman–Crippen MR) is 102 cm³/mol. The summed E-state index contributed by atoms with van der Waals surface area (Å²) in [7, 11) is 0. The number of carbonyl (C=O) groups excluding carboxylic acids is 1. The van der Waals surface area contributed by atoms with Gasteiger partial charge in [0.1, 0.15) is 11.6 Å². The van der Waals surface area contributed by atoms with E-state index in [4.69, 9.17) is 0 Å². The van der Waals surface area contributed by atoms with Gasteiger partial charge in [0.2, 0.25) is 5.91 Å². The first-order valence-electron chi connectivity index (χ1n) is 8.75. The largest absolute Gasteiger partial charge is 0.370 e. The summed E-state index contributed by atoms with van der Waals surface area (Å²) in [5, 5.41) is 0. The van der Waals surface area contributed by atoms with Crippen LogP contribution >= 0.6 is 15.9 Å². The van der Waals surface area contributed by atoms with E-state index in [0.29, 0.717) is 42.5 Å². The maximum Gasteiger partial charge on any atom is 0.222 e. The van der Waals surface area contributed by atoms with E-state index in [0.717, 1.165) is 18.7 Å². The van der Waals surface area contributed by atoms with E-state index in [1.54, 1.807) is 24.3 Å². The summed E-state index contributed by atoms with van der Waals surface area (Å²) in [6, 6.07) is 11.4. The van der Waals surface area contributed by atoms with Gasteiger partial charge >= 0.3 is 0 Å². The van der Waals surface area contributed by atoms with Gasteiger partial charge in [0, 0.05) is 42.8 Å². The lowest BCUT2D eigenvalue weighted by Gasteiger charge is -2.23. The molecule has 2 aromatic rings. The highest BCUT2D eigenvalue weighted by Gasteiger charge is 2.19. The van der Waals surface area contributed by atoms with Crippen LogP contribution in [0.5, 0.6) is 0 Å². The minimum absolute atomic E-state index is 0.0493. The second-order valence-electron chi connectivity index (χ2n) is 6.43. The van der Waals surface area contributed by atoms with E-state index in [1.165, 1.54) is 18.2 Å². The summed E-state index contributed by atoms with van der Waals surface area (Å²) < 4.78 is 27.7. The molecular weight excluding hydrogens is 402 g/mol. The van der Waals surface area contributed by atoms with Crippen molar-refractivity contribution in [3.63, 3.8) is 0 Å². The second kappa shape index (κ2) is 8.62. The number of carbonyl (C=O) groups is 1. The maximum atomic E-state index is 13.9. The van der Waals surface area contributed by atoms with E-state index >= 15 is 0 Å². The first-order valence-corrected chi connectivity index (χ1v) is 9.54. The van der Waals surface area contributed by atoms with E-state index in [9.17, 15) is 13.6 Å². The SMILES string of the molecule is O=C(CCc1ccc(Br)cc1F)N1CCCN(c2ccc(F)cc2)CC1. The number of benzene rings is 2. The van der Waals surface area contributed by atoms with Gasteiger partial charge in [0.05, 0.1) is 0 Å². The third-order valence-electron chi connectivity index (χ3n) is 4.66. The molecule has 138 valence electrons. The maximum absolute atomic E-state index is 13.9. The Hall–Kier alpha value is -1.95. The Morgan fingerprint density at radius 3 is 2.50 bits per heavy atom. The zero-order chi connectivity index (χ0) is 18.5. The number of nitrogens with zero attached hydrogens (tertiary/aromatic N) is 2. The normalized spacial score (nSPS) is 15.0. The molecule has 0 N–H and O–H groups in total. The van der Waals surface area contributed by atoms with Crippen molar-refractivity contribution in [2.24, 2.45) is 0 Å². The Kier molecular flexibility index (Phi) is 6.25. The lowest BCUT2D eigenvalue weighted by molar-refractivity contribution is -0.130. The van der Waals surface area contributed by atoms with Crippen molar-refractivity contribution in [1.82, 2.24) is 4.90 Å². The van der Waals surface area contributed by atoms with Gasteiger partial charge in [-0.1, -0.05) is 22.0 Å². The van der Waals surface area contributed by atoms with Crippen LogP contribution in [0.25, 0.3) is 0 Å². The molecule has 0 aliphatic carbocycles. The molecule has 1 amide bonds. The van der Waals surface area contributed by atoms with Gasteiger partial charge in [-0.3, -0.25) is 4.79 Å². The molecule has 1 heterocycles. The summed E-state index contributed by atoms with van der Waals surface area (Å²) in [5.74, 6) is -0.487. The lowest BCUT2D eigenvalue weighted by Crippen LogP contribution is -2.35. The zero-order valence-electron chi connectivity index (χ0n) is 14.4. The minimum atomic E-state index is -0.287. The molecule has 0 saturated carbocycles. The Morgan fingerprint density at radius 2 is 1.77 bits per heavy atom. The first kappa shape index (κ1) is 18.8. The van der Waals surface area contributed by atoms with E-state index in [-0.39, 0.29) is 17.5 Å². The highest BCUT2D eigenvalue weighted by molar-refractivity contribution is 9.10. The zero-order valence-corrected chi connectivity index (χ0v) is 16.0. The Morgan fingerprint density at radius 1 is 1.00 bits per heavy atom. The van der Waals surface area contributed by atoms with Gasteiger partial charge in [-0.15, -0.1) is 0 Å². The van der Waals surface area contributed by atoms with Crippen LogP contribution in [-0.2, 0) is 11.2 Å². The third kappa shape index (κ3) is 4.81. The molecule has 26 heavy (non-hydrogen) atoms. The van der Waals surface area contributed by atoms with Crippen LogP contribution in [0.3, 0.4) is 0 Å². The topological polar surface area (TPSA) is 23.6 Å². The van der Waals surface area contributed by atoms with Gasteiger partial charge in [-0.25, -0.2) is 8.78 Å². The number of anilines is 1. The molecule has 1 aliphatic rings. The van der Waals surface area contributed by atoms with Crippen molar-refractivity contribution in [2.75, 3.05) is 31.1 Å². The molecule has 2 aromatic carbocycles. The molecule has 6 heteroatoms. The molecule has 0 bridgehead atoms. The van der Waals surface area contributed by atoms with Crippen LogP contribution in [0, 0.1) is 11.6 Å². The Labute approximate surface area is 160 Å². The quantitative estimate of drug-likeness (QED) is 0.728. The average molecular weight is 423 g/mol. The number of hydrogen-bond acceptors (Lipinski definition) is 2. The van der Waals surface area contributed by atoms with Crippen LogP contribution < -0.4 is 4.90 Å². The first-order chi connectivity index (χ1) is 12.5. The monoisotopic (exact) mass is 422 g/mol. The number of aryl methyl sites for hydroxylation is 1. The van der Waals surface area contributed by atoms with Crippen molar-refractivity contribution in [3.05, 3.63) is 64.1 Å². The highest BCUT2D eigenvalue weighted by atomic mass is 79.9. The van der Waals surface area contributed by atoms with Crippen molar-refractivity contribution in [3.8, 4) is 0 Å². The predicted octanol–water partition coefficient (Wildman–Crippen LogP) is 4.40. The number of rotatable bonds is 4. The van der Waals surface area contributed by atoms with Crippen molar-refractivity contribution < 1.29 is 13.6 Å². The van der Waals surface area contributed by atoms with E-state index < -0.39 is 0 Å². The molecular formula is C20H21BrF2N2O. The van der Waals surface area contributed by atoms with Gasteiger partial charge in [0.25, 0.3) is 0 Å². The fourth-order valence-corrected chi connectivity index (χ4v) is 3.53. The van der Waals surface area contributed by atoms with Crippen molar-refractivity contribution in [1.29, 1.82) is 0 Å². The van der Waals surface area contributed by atoms with Gasteiger partial charge in [-0.05, 0) is 54.8 Å². The summed E-state index contributed by atoms with van der Waals surface area (Å²) in [4.78, 5) is 16.5. The molecule has 0 radical (unpaired) electrons. The fourth-order valence-electron chi connectivity index (χ4n) is 3.20. The van der Waals surface area contributed by atoms with Crippen LogP contribution in [-0.4, -0.2) is 37.0 Å². The minimum Gasteiger partial charge on any atom is -0.370 e. The van der Waals surface area contributed by atoms with Gasteiger partial charge < -0.3 is 9.80 Å². The van der Waals surface area contributed by atoms with Gasteiger partial charge in [-0.2, -0.15) is 0 Å². The molecule has 0 aromatic heterocycles. The third-order valence-corrected chi connectivity index (χ3v) is 5.16. The van der Waals surface area contributed by atoms with Crippen LogP contribution in [0.1, 0.15) is 18.4 Å². The molecule has 3 nitrogen and oxygen atoms in total. The summed E-state index contributed by atoms with van der Waals surface area (Å²) in [6.07, 6.45) is 1.56. The van der Waals surface area contributed by atoms with Crippen molar-refractivity contribution >= 4 is 27.5 Å². The number of amides is 1. The van der Waals surface area contributed by atoms with Gasteiger partial charge in [0.15, 0.2) is 0 Å². The molecule has 3 rings (SSSR count). The fraction of sp³-hybridized carbons (Fsp3) is 0.350. The number of halogens is 3. The average Bonchev–Trinajstić information content (AvgIpc) is 2.88. The van der Waals surface area contributed by atoms with Crippen LogP contribution in [0.4, 0.5) is 14.5 Å². The summed E-state index contributed by atoms with van der Waals surface area (Å²) in [6.45, 7) is 2.86. The van der Waals surface area contributed by atoms with Crippen LogP contribution in [0.2, 0.25) is 0 Å².